The van der Waals surface area contributed by atoms with Crippen molar-refractivity contribution in [2.75, 3.05) is 0 Å². The van der Waals surface area contributed by atoms with E-state index >= 15 is 0 Å². The van der Waals surface area contributed by atoms with Crippen molar-refractivity contribution in [2.24, 2.45) is 0 Å². The van der Waals surface area contributed by atoms with Crippen LogP contribution in [0, 0.1) is 0 Å². The van der Waals surface area contributed by atoms with E-state index in [1.54, 1.807) is 6.20 Å². The Labute approximate surface area is 89.0 Å². The van der Waals surface area contributed by atoms with Crippen molar-refractivity contribution in [1.82, 2.24) is 9.78 Å². The normalized spacial score (nSPS) is 10.5. The van der Waals surface area contributed by atoms with Crippen molar-refractivity contribution in [3.8, 4) is 0 Å². The zero-order valence-corrected chi connectivity index (χ0v) is 8.50. The molecule has 2 aromatic rings. The lowest BCUT2D eigenvalue weighted by molar-refractivity contribution is 0.282. The molecule has 1 N–H and O–H groups in total. The van der Waals surface area contributed by atoms with Gasteiger partial charge in [0.1, 0.15) is 0 Å². The molecule has 0 atom stereocenters. The van der Waals surface area contributed by atoms with Crippen LogP contribution in [0.15, 0.2) is 42.7 Å². The fourth-order valence-electron chi connectivity index (χ4n) is 1.49. The lowest BCUT2D eigenvalue weighted by atomic mass is 10.1. The number of benzene rings is 1. The molecule has 3 nitrogen and oxygen atoms in total. The topological polar surface area (TPSA) is 38.0 Å². The van der Waals surface area contributed by atoms with Crippen LogP contribution in [0.3, 0.4) is 0 Å². The van der Waals surface area contributed by atoms with Gasteiger partial charge < -0.3 is 5.11 Å². The number of aryl methyl sites for hydroxylation is 2. The van der Waals surface area contributed by atoms with E-state index in [0.717, 1.165) is 18.5 Å². The predicted molar refractivity (Wildman–Crippen MR) is 58.3 cm³/mol. The van der Waals surface area contributed by atoms with Crippen LogP contribution < -0.4 is 0 Å². The van der Waals surface area contributed by atoms with Crippen molar-refractivity contribution < 1.29 is 5.11 Å². The predicted octanol–water partition coefficient (Wildman–Crippen LogP) is 1.62. The van der Waals surface area contributed by atoms with Gasteiger partial charge in [0, 0.05) is 18.9 Å². The first-order valence-electron chi connectivity index (χ1n) is 5.04. The van der Waals surface area contributed by atoms with Crippen molar-refractivity contribution in [1.29, 1.82) is 0 Å². The number of nitrogens with zero attached hydrogens (tertiary/aromatic N) is 2. The lowest BCUT2D eigenvalue weighted by Gasteiger charge is -2.03. The van der Waals surface area contributed by atoms with Gasteiger partial charge in [0.15, 0.2) is 0 Å². The minimum atomic E-state index is 0.111. The minimum Gasteiger partial charge on any atom is -0.392 e. The van der Waals surface area contributed by atoms with Crippen molar-refractivity contribution in [3.05, 3.63) is 53.9 Å². The Hall–Kier alpha value is -1.61. The van der Waals surface area contributed by atoms with Crippen LogP contribution in [0.2, 0.25) is 0 Å². The Kier molecular flexibility index (Phi) is 3.15. The average molecular weight is 202 g/mol. The van der Waals surface area contributed by atoms with Gasteiger partial charge in [-0.3, -0.25) is 4.68 Å². The maximum atomic E-state index is 8.89. The fourth-order valence-corrected chi connectivity index (χ4v) is 1.49. The Bertz CT molecular complexity index is 392. The van der Waals surface area contributed by atoms with E-state index in [2.05, 4.69) is 17.2 Å². The summed E-state index contributed by atoms with van der Waals surface area (Å²) >= 11 is 0. The van der Waals surface area contributed by atoms with Crippen molar-refractivity contribution in [2.45, 2.75) is 19.6 Å². The molecular formula is C12H14N2O. The molecular weight excluding hydrogens is 188 g/mol. The van der Waals surface area contributed by atoms with Gasteiger partial charge in [0.05, 0.1) is 6.61 Å². The van der Waals surface area contributed by atoms with E-state index in [-0.39, 0.29) is 6.61 Å². The number of rotatable bonds is 4. The van der Waals surface area contributed by atoms with Crippen LogP contribution in [0.1, 0.15) is 11.1 Å². The van der Waals surface area contributed by atoms with E-state index in [4.69, 9.17) is 5.11 Å². The van der Waals surface area contributed by atoms with E-state index in [1.807, 2.05) is 29.1 Å². The number of aromatic nitrogens is 2. The van der Waals surface area contributed by atoms with Crippen molar-refractivity contribution in [3.63, 3.8) is 0 Å². The SMILES string of the molecule is OCc1ccc(CCn2cccn2)cc1. The summed E-state index contributed by atoms with van der Waals surface area (Å²) < 4.78 is 1.92. The highest BCUT2D eigenvalue weighted by molar-refractivity contribution is 5.21. The standard InChI is InChI=1S/C12H14N2O/c15-10-12-4-2-11(3-5-12)6-9-14-8-1-7-13-14/h1-5,7-8,15H,6,9-10H2. The molecule has 0 aliphatic rings. The average Bonchev–Trinajstić information content (AvgIpc) is 2.80. The van der Waals surface area contributed by atoms with Gasteiger partial charge >= 0.3 is 0 Å². The summed E-state index contributed by atoms with van der Waals surface area (Å²) in [5.74, 6) is 0. The summed E-state index contributed by atoms with van der Waals surface area (Å²) in [6.07, 6.45) is 4.71. The number of aliphatic hydroxyl groups is 1. The first kappa shape index (κ1) is 9.93. The molecule has 0 spiro atoms. The zero-order valence-electron chi connectivity index (χ0n) is 8.50. The monoisotopic (exact) mass is 202 g/mol. The molecule has 0 radical (unpaired) electrons. The van der Waals surface area contributed by atoms with Crippen LogP contribution in [0.5, 0.6) is 0 Å². The summed E-state index contributed by atoms with van der Waals surface area (Å²) in [5, 5.41) is 13.0. The van der Waals surface area contributed by atoms with E-state index in [0.29, 0.717) is 0 Å². The smallest absolute Gasteiger partial charge is 0.0681 e. The molecule has 1 heterocycles. The van der Waals surface area contributed by atoms with Gasteiger partial charge in [-0.2, -0.15) is 5.10 Å². The molecule has 0 saturated carbocycles. The van der Waals surface area contributed by atoms with E-state index in [9.17, 15) is 0 Å². The summed E-state index contributed by atoms with van der Waals surface area (Å²) in [6, 6.07) is 9.94. The maximum absolute atomic E-state index is 8.89. The highest BCUT2D eigenvalue weighted by Gasteiger charge is 1.95. The van der Waals surface area contributed by atoms with Gasteiger partial charge in [0.25, 0.3) is 0 Å². The summed E-state index contributed by atoms with van der Waals surface area (Å²) in [6.45, 7) is 1.00. The van der Waals surface area contributed by atoms with Crippen LogP contribution in [0.4, 0.5) is 0 Å². The fraction of sp³-hybridized carbons (Fsp3) is 0.250. The molecule has 1 aromatic heterocycles. The first-order chi connectivity index (χ1) is 7.38. The van der Waals surface area contributed by atoms with Gasteiger partial charge in [-0.1, -0.05) is 24.3 Å². The Morgan fingerprint density at radius 1 is 1.13 bits per heavy atom. The van der Waals surface area contributed by atoms with Crippen LogP contribution in [0.25, 0.3) is 0 Å². The highest BCUT2D eigenvalue weighted by atomic mass is 16.3. The van der Waals surface area contributed by atoms with Crippen LogP contribution in [-0.2, 0) is 19.6 Å². The van der Waals surface area contributed by atoms with Crippen molar-refractivity contribution >= 4 is 0 Å². The van der Waals surface area contributed by atoms with E-state index < -0.39 is 0 Å². The third-order valence-corrected chi connectivity index (χ3v) is 2.39. The first-order valence-corrected chi connectivity index (χ1v) is 5.04. The minimum absolute atomic E-state index is 0.111. The third kappa shape index (κ3) is 2.67. The second-order valence-electron chi connectivity index (χ2n) is 3.49. The second-order valence-corrected chi connectivity index (χ2v) is 3.49. The van der Waals surface area contributed by atoms with Crippen LogP contribution in [-0.4, -0.2) is 14.9 Å². The Morgan fingerprint density at radius 2 is 1.87 bits per heavy atom. The molecule has 0 fully saturated rings. The number of hydrogen-bond acceptors (Lipinski definition) is 2. The van der Waals surface area contributed by atoms with Gasteiger partial charge in [-0.25, -0.2) is 0 Å². The maximum Gasteiger partial charge on any atom is 0.0681 e. The van der Waals surface area contributed by atoms with Crippen LogP contribution >= 0.6 is 0 Å². The molecule has 0 bridgehead atoms. The van der Waals surface area contributed by atoms with E-state index in [1.165, 1.54) is 5.56 Å². The molecule has 1 aromatic carbocycles. The highest BCUT2D eigenvalue weighted by Crippen LogP contribution is 2.05. The lowest BCUT2D eigenvalue weighted by Crippen LogP contribution is -2.01. The molecule has 2 rings (SSSR count). The Morgan fingerprint density at radius 3 is 2.47 bits per heavy atom. The van der Waals surface area contributed by atoms with Gasteiger partial charge in [-0.15, -0.1) is 0 Å². The third-order valence-electron chi connectivity index (χ3n) is 2.39. The summed E-state index contributed by atoms with van der Waals surface area (Å²) in [7, 11) is 0. The second kappa shape index (κ2) is 4.75. The molecule has 0 aliphatic carbocycles. The largest absolute Gasteiger partial charge is 0.392 e. The molecule has 0 unspecified atom stereocenters. The number of hydrogen-bond donors (Lipinski definition) is 1. The Balaban J connectivity index is 1.93. The number of aliphatic hydroxyl groups excluding tert-OH is 1. The molecule has 3 heteroatoms. The van der Waals surface area contributed by atoms with Gasteiger partial charge in [-0.05, 0) is 23.6 Å². The molecule has 15 heavy (non-hydrogen) atoms. The molecule has 78 valence electrons. The molecule has 0 saturated heterocycles. The quantitative estimate of drug-likeness (QED) is 0.818. The summed E-state index contributed by atoms with van der Waals surface area (Å²) in [4.78, 5) is 0. The van der Waals surface area contributed by atoms with Gasteiger partial charge in [0.2, 0.25) is 0 Å². The zero-order chi connectivity index (χ0) is 10.5. The molecule has 0 amide bonds. The summed E-state index contributed by atoms with van der Waals surface area (Å²) in [5.41, 5.74) is 2.22. The molecule has 0 aliphatic heterocycles.